The molecule has 5 nitrogen and oxygen atoms in total. The van der Waals surface area contributed by atoms with Crippen molar-refractivity contribution in [3.63, 3.8) is 0 Å². The van der Waals surface area contributed by atoms with Gasteiger partial charge in [-0.2, -0.15) is 10.4 Å². The molecule has 1 aliphatic heterocycles. The fraction of sp³-hybridized carbons (Fsp3) is 0.500. The molecule has 5 heteroatoms. The quantitative estimate of drug-likeness (QED) is 0.695. The number of aryl methyl sites for hydroxylation is 1. The van der Waals surface area contributed by atoms with Gasteiger partial charge in [-0.15, -0.1) is 0 Å². The highest BCUT2D eigenvalue weighted by molar-refractivity contribution is 5.79. The zero-order valence-electron chi connectivity index (χ0n) is 8.55. The lowest BCUT2D eigenvalue weighted by Crippen LogP contribution is -2.24. The lowest BCUT2D eigenvalue weighted by Gasteiger charge is -2.13. The number of aromatic nitrogens is 2. The van der Waals surface area contributed by atoms with E-state index < -0.39 is 0 Å². The van der Waals surface area contributed by atoms with Crippen LogP contribution in [0, 0.1) is 17.2 Å². The molecule has 1 aromatic rings. The van der Waals surface area contributed by atoms with Crippen LogP contribution in [0.15, 0.2) is 12.4 Å². The van der Waals surface area contributed by atoms with Gasteiger partial charge < -0.3 is 4.90 Å². The second-order valence-electron chi connectivity index (χ2n) is 3.83. The van der Waals surface area contributed by atoms with Crippen molar-refractivity contribution in [2.45, 2.75) is 13.0 Å². The molecule has 1 unspecified atom stereocenters. The summed E-state index contributed by atoms with van der Waals surface area (Å²) in [5.74, 6) is -0.0837. The summed E-state index contributed by atoms with van der Waals surface area (Å²) < 4.78 is 1.71. The van der Waals surface area contributed by atoms with Crippen molar-refractivity contribution in [2.24, 2.45) is 13.0 Å². The fourth-order valence-corrected chi connectivity index (χ4v) is 1.79. The Morgan fingerprint density at radius 1 is 1.73 bits per heavy atom. The number of hydrogen-bond donors (Lipinski definition) is 0. The largest absolute Gasteiger partial charge is 0.337 e. The summed E-state index contributed by atoms with van der Waals surface area (Å²) in [7, 11) is 1.84. The molecule has 1 aromatic heterocycles. The van der Waals surface area contributed by atoms with Crippen molar-refractivity contribution >= 4 is 5.91 Å². The van der Waals surface area contributed by atoms with Crippen molar-refractivity contribution < 1.29 is 4.79 Å². The predicted molar refractivity (Wildman–Crippen MR) is 52.3 cm³/mol. The minimum Gasteiger partial charge on any atom is -0.337 e. The summed E-state index contributed by atoms with van der Waals surface area (Å²) in [5.41, 5.74) is 1.00. The third-order valence-corrected chi connectivity index (χ3v) is 2.53. The monoisotopic (exact) mass is 204 g/mol. The molecule has 78 valence electrons. The lowest BCUT2D eigenvalue weighted by molar-refractivity contribution is -0.128. The van der Waals surface area contributed by atoms with Crippen LogP contribution < -0.4 is 0 Å². The first-order valence-corrected chi connectivity index (χ1v) is 4.84. The van der Waals surface area contributed by atoms with Crippen LogP contribution >= 0.6 is 0 Å². The molecule has 1 amide bonds. The van der Waals surface area contributed by atoms with E-state index >= 15 is 0 Å². The molecule has 0 bridgehead atoms. The number of nitriles is 1. The van der Waals surface area contributed by atoms with E-state index in [0.29, 0.717) is 19.5 Å². The van der Waals surface area contributed by atoms with Crippen molar-refractivity contribution in [1.82, 2.24) is 14.7 Å². The molecule has 1 saturated heterocycles. The number of nitrogens with zero attached hydrogens (tertiary/aromatic N) is 4. The summed E-state index contributed by atoms with van der Waals surface area (Å²) in [6, 6.07) is 2.13. The number of hydrogen-bond acceptors (Lipinski definition) is 3. The van der Waals surface area contributed by atoms with Gasteiger partial charge in [-0.1, -0.05) is 0 Å². The second-order valence-corrected chi connectivity index (χ2v) is 3.83. The topological polar surface area (TPSA) is 61.9 Å². The van der Waals surface area contributed by atoms with Crippen molar-refractivity contribution in [3.05, 3.63) is 18.0 Å². The van der Waals surface area contributed by atoms with Crippen molar-refractivity contribution in [3.8, 4) is 6.07 Å². The van der Waals surface area contributed by atoms with E-state index in [9.17, 15) is 4.79 Å². The maximum absolute atomic E-state index is 11.5. The first kappa shape index (κ1) is 9.71. The summed E-state index contributed by atoms with van der Waals surface area (Å²) in [5, 5.41) is 12.8. The Kier molecular flexibility index (Phi) is 2.42. The van der Waals surface area contributed by atoms with Gasteiger partial charge in [-0.3, -0.25) is 9.48 Å². The summed E-state index contributed by atoms with van der Waals surface area (Å²) >= 11 is 0. The molecule has 0 radical (unpaired) electrons. The third kappa shape index (κ3) is 1.99. The van der Waals surface area contributed by atoms with Gasteiger partial charge in [0.1, 0.15) is 0 Å². The van der Waals surface area contributed by atoms with Gasteiger partial charge in [0.2, 0.25) is 5.91 Å². The number of rotatable bonds is 2. The smallest absolute Gasteiger partial charge is 0.224 e. The van der Waals surface area contributed by atoms with E-state index in [0.717, 1.165) is 5.56 Å². The molecule has 1 fully saturated rings. The van der Waals surface area contributed by atoms with Crippen LogP contribution in [-0.2, 0) is 18.4 Å². The Bertz CT molecular complexity index is 417. The SMILES string of the molecule is Cn1cc(CN2CC(C#N)CC2=O)cn1. The van der Waals surface area contributed by atoms with E-state index in [2.05, 4.69) is 11.2 Å². The minimum absolute atomic E-state index is 0.0606. The predicted octanol–water partition coefficient (Wildman–Crippen LogP) is 0.292. The second kappa shape index (κ2) is 3.73. The number of carbonyl (C=O) groups is 1. The normalized spacial score (nSPS) is 20.7. The lowest BCUT2D eigenvalue weighted by atomic mass is 10.1. The van der Waals surface area contributed by atoms with E-state index in [1.54, 1.807) is 15.8 Å². The Morgan fingerprint density at radius 3 is 3.07 bits per heavy atom. The van der Waals surface area contributed by atoms with Gasteiger partial charge in [0.05, 0.1) is 18.2 Å². The van der Waals surface area contributed by atoms with Crippen molar-refractivity contribution in [2.75, 3.05) is 6.54 Å². The van der Waals surface area contributed by atoms with Crippen LogP contribution in [-0.4, -0.2) is 27.1 Å². The van der Waals surface area contributed by atoms with Gasteiger partial charge in [-0.05, 0) is 0 Å². The molecule has 0 N–H and O–H groups in total. The van der Waals surface area contributed by atoms with E-state index in [-0.39, 0.29) is 11.8 Å². The van der Waals surface area contributed by atoms with E-state index in [4.69, 9.17) is 5.26 Å². The van der Waals surface area contributed by atoms with Gasteiger partial charge in [0, 0.05) is 38.3 Å². The van der Waals surface area contributed by atoms with E-state index in [1.807, 2.05) is 13.2 Å². The fourth-order valence-electron chi connectivity index (χ4n) is 1.79. The average Bonchev–Trinajstić information content (AvgIpc) is 2.75. The number of carbonyl (C=O) groups excluding carboxylic acids is 1. The molecule has 0 saturated carbocycles. The Balaban J connectivity index is 2.02. The third-order valence-electron chi connectivity index (χ3n) is 2.53. The van der Waals surface area contributed by atoms with Crippen LogP contribution in [0.1, 0.15) is 12.0 Å². The standard InChI is InChI=1S/C10H12N4O/c1-13-5-9(4-12-13)7-14-6-8(3-11)2-10(14)15/h4-5,8H,2,6-7H2,1H3. The molecule has 0 spiro atoms. The molecule has 1 atom stereocenters. The molecule has 2 rings (SSSR count). The zero-order chi connectivity index (χ0) is 10.8. The zero-order valence-corrected chi connectivity index (χ0v) is 8.55. The van der Waals surface area contributed by atoms with E-state index in [1.165, 1.54) is 0 Å². The minimum atomic E-state index is -0.144. The maximum Gasteiger partial charge on any atom is 0.224 e. The highest BCUT2D eigenvalue weighted by Gasteiger charge is 2.29. The van der Waals surface area contributed by atoms with Crippen LogP contribution in [0.25, 0.3) is 0 Å². The Hall–Kier alpha value is -1.83. The highest BCUT2D eigenvalue weighted by atomic mass is 16.2. The molecule has 0 aliphatic carbocycles. The molecular formula is C10H12N4O. The summed E-state index contributed by atoms with van der Waals surface area (Å²) in [6.07, 6.45) is 3.98. The molecule has 2 heterocycles. The molecule has 1 aliphatic rings. The van der Waals surface area contributed by atoms with Gasteiger partial charge in [-0.25, -0.2) is 0 Å². The summed E-state index contributed by atoms with van der Waals surface area (Å²) in [6.45, 7) is 1.11. The summed E-state index contributed by atoms with van der Waals surface area (Å²) in [4.78, 5) is 13.2. The van der Waals surface area contributed by atoms with Crippen LogP contribution in [0.4, 0.5) is 0 Å². The Morgan fingerprint density at radius 2 is 2.53 bits per heavy atom. The number of amides is 1. The van der Waals surface area contributed by atoms with Crippen LogP contribution in [0.3, 0.4) is 0 Å². The molecular weight excluding hydrogens is 192 g/mol. The highest BCUT2D eigenvalue weighted by Crippen LogP contribution is 2.18. The molecule has 0 aromatic carbocycles. The maximum atomic E-state index is 11.5. The van der Waals surface area contributed by atoms with Crippen LogP contribution in [0.2, 0.25) is 0 Å². The first-order chi connectivity index (χ1) is 7.19. The van der Waals surface area contributed by atoms with Crippen LogP contribution in [0.5, 0.6) is 0 Å². The van der Waals surface area contributed by atoms with Gasteiger partial charge >= 0.3 is 0 Å². The first-order valence-electron chi connectivity index (χ1n) is 4.84. The van der Waals surface area contributed by atoms with Crippen molar-refractivity contribution in [1.29, 1.82) is 5.26 Å². The number of likely N-dealkylation sites (tertiary alicyclic amines) is 1. The van der Waals surface area contributed by atoms with Gasteiger partial charge in [0.15, 0.2) is 0 Å². The molecule has 15 heavy (non-hydrogen) atoms. The van der Waals surface area contributed by atoms with Gasteiger partial charge in [0.25, 0.3) is 0 Å². The Labute approximate surface area is 87.9 Å². The average molecular weight is 204 g/mol.